The zero-order chi connectivity index (χ0) is 15.4. The van der Waals surface area contributed by atoms with Crippen LogP contribution >= 0.6 is 37.2 Å². The molecule has 25 heavy (non-hydrogen) atoms. The maximum atomic E-state index is 12.4. The summed E-state index contributed by atoms with van der Waals surface area (Å²) in [7, 11) is 0. The van der Waals surface area contributed by atoms with Crippen molar-refractivity contribution in [2.45, 2.75) is 38.3 Å². The standard InChI is InChI=1S/C17H26N4O.3ClH/c1-14(15-4-2-6-18-13-15)20-8-10-21(11-9-20)17(22)12-16-5-3-7-19-16;;;/h2,4,6,13-14,16,19H,3,5,7-12H2,1H3;3*1H. The third-order valence-corrected chi connectivity index (χ3v) is 4.96. The van der Waals surface area contributed by atoms with Gasteiger partial charge in [0.2, 0.25) is 5.91 Å². The van der Waals surface area contributed by atoms with Crippen LogP contribution in [0.25, 0.3) is 0 Å². The average Bonchev–Trinajstić information content (AvgIpc) is 3.08. The Hall–Kier alpha value is -0.590. The van der Waals surface area contributed by atoms with Crippen molar-refractivity contribution in [1.29, 1.82) is 0 Å². The molecule has 0 aliphatic carbocycles. The quantitative estimate of drug-likeness (QED) is 0.827. The third kappa shape index (κ3) is 6.57. The van der Waals surface area contributed by atoms with Crippen molar-refractivity contribution in [3.63, 3.8) is 0 Å². The molecule has 2 atom stereocenters. The lowest BCUT2D eigenvalue weighted by atomic mass is 10.1. The Morgan fingerprint density at radius 2 is 2.00 bits per heavy atom. The predicted molar refractivity (Wildman–Crippen MR) is 108 cm³/mol. The highest BCUT2D eigenvalue weighted by Crippen LogP contribution is 2.21. The summed E-state index contributed by atoms with van der Waals surface area (Å²) >= 11 is 0. The first-order valence-electron chi connectivity index (χ1n) is 8.39. The number of pyridine rings is 1. The van der Waals surface area contributed by atoms with Gasteiger partial charge in [-0.05, 0) is 37.9 Å². The molecule has 5 nitrogen and oxygen atoms in total. The normalized spacial score (nSPS) is 21.5. The van der Waals surface area contributed by atoms with Crippen LogP contribution in [0.4, 0.5) is 0 Å². The molecular formula is C17H29Cl3N4O. The van der Waals surface area contributed by atoms with Crippen molar-refractivity contribution < 1.29 is 4.79 Å². The highest BCUT2D eigenvalue weighted by atomic mass is 35.5. The zero-order valence-corrected chi connectivity index (χ0v) is 17.0. The summed E-state index contributed by atoms with van der Waals surface area (Å²) in [6, 6.07) is 4.88. The molecule has 1 aromatic rings. The Morgan fingerprint density at radius 1 is 1.28 bits per heavy atom. The van der Waals surface area contributed by atoms with E-state index in [1.807, 2.05) is 23.4 Å². The van der Waals surface area contributed by atoms with Crippen LogP contribution in [0, 0.1) is 0 Å². The van der Waals surface area contributed by atoms with Gasteiger partial charge in [-0.3, -0.25) is 14.7 Å². The molecule has 0 bridgehead atoms. The summed E-state index contributed by atoms with van der Waals surface area (Å²) in [6.45, 7) is 6.86. The first kappa shape index (κ1) is 24.4. The van der Waals surface area contributed by atoms with Crippen LogP contribution in [-0.2, 0) is 4.79 Å². The minimum atomic E-state index is 0. The third-order valence-electron chi connectivity index (χ3n) is 4.96. The van der Waals surface area contributed by atoms with Gasteiger partial charge < -0.3 is 10.2 Å². The molecule has 0 radical (unpaired) electrons. The number of carbonyl (C=O) groups is 1. The number of amides is 1. The van der Waals surface area contributed by atoms with Gasteiger partial charge in [-0.2, -0.15) is 0 Å². The second-order valence-electron chi connectivity index (χ2n) is 6.38. The number of hydrogen-bond acceptors (Lipinski definition) is 4. The molecule has 2 saturated heterocycles. The first-order chi connectivity index (χ1) is 10.7. The summed E-state index contributed by atoms with van der Waals surface area (Å²) in [5.41, 5.74) is 1.25. The molecule has 1 amide bonds. The van der Waals surface area contributed by atoms with E-state index in [1.165, 1.54) is 12.0 Å². The van der Waals surface area contributed by atoms with Crippen molar-refractivity contribution in [3.8, 4) is 0 Å². The van der Waals surface area contributed by atoms with E-state index in [0.29, 0.717) is 24.4 Å². The summed E-state index contributed by atoms with van der Waals surface area (Å²) < 4.78 is 0. The Kier molecular flexibility index (Phi) is 11.6. The van der Waals surface area contributed by atoms with E-state index in [0.717, 1.165) is 39.1 Å². The largest absolute Gasteiger partial charge is 0.340 e. The molecule has 1 aromatic heterocycles. The SMILES string of the molecule is CC(c1cccnc1)N1CCN(C(=O)CC2CCCN2)CC1.Cl.Cl.Cl. The maximum absolute atomic E-state index is 12.4. The highest BCUT2D eigenvalue weighted by molar-refractivity contribution is 5.86. The monoisotopic (exact) mass is 410 g/mol. The molecule has 0 spiro atoms. The number of aromatic nitrogens is 1. The summed E-state index contributed by atoms with van der Waals surface area (Å²) in [4.78, 5) is 21.0. The van der Waals surface area contributed by atoms with Crippen molar-refractivity contribution >= 4 is 43.1 Å². The fraction of sp³-hybridized carbons (Fsp3) is 0.647. The molecule has 2 aliphatic rings. The van der Waals surface area contributed by atoms with Gasteiger partial charge in [0.1, 0.15) is 0 Å². The number of rotatable bonds is 4. The van der Waals surface area contributed by atoms with E-state index in [-0.39, 0.29) is 37.2 Å². The first-order valence-corrected chi connectivity index (χ1v) is 8.39. The van der Waals surface area contributed by atoms with Crippen LogP contribution in [-0.4, -0.2) is 59.5 Å². The van der Waals surface area contributed by atoms with Crippen LogP contribution in [0.3, 0.4) is 0 Å². The number of hydrogen-bond donors (Lipinski definition) is 1. The molecule has 0 saturated carbocycles. The van der Waals surface area contributed by atoms with Gasteiger partial charge in [0.15, 0.2) is 0 Å². The second-order valence-corrected chi connectivity index (χ2v) is 6.38. The van der Waals surface area contributed by atoms with Crippen molar-refractivity contribution in [3.05, 3.63) is 30.1 Å². The molecule has 2 fully saturated rings. The van der Waals surface area contributed by atoms with Crippen LogP contribution in [0.1, 0.15) is 37.8 Å². The Labute approximate surface area is 169 Å². The summed E-state index contributed by atoms with van der Waals surface area (Å²) in [6.07, 6.45) is 6.76. The van der Waals surface area contributed by atoms with Crippen LogP contribution in [0.2, 0.25) is 0 Å². The van der Waals surface area contributed by atoms with Gasteiger partial charge in [-0.25, -0.2) is 0 Å². The fourth-order valence-corrected chi connectivity index (χ4v) is 3.46. The minimum Gasteiger partial charge on any atom is -0.340 e. The van der Waals surface area contributed by atoms with Gasteiger partial charge in [-0.1, -0.05) is 6.07 Å². The molecule has 1 N–H and O–H groups in total. The van der Waals surface area contributed by atoms with Gasteiger partial charge in [0.05, 0.1) is 0 Å². The minimum absolute atomic E-state index is 0. The van der Waals surface area contributed by atoms with Gasteiger partial charge >= 0.3 is 0 Å². The number of nitrogens with one attached hydrogen (secondary N) is 1. The molecule has 3 heterocycles. The van der Waals surface area contributed by atoms with E-state index >= 15 is 0 Å². The lowest BCUT2D eigenvalue weighted by molar-refractivity contribution is -0.133. The molecule has 144 valence electrons. The Bertz CT molecular complexity index is 492. The highest BCUT2D eigenvalue weighted by Gasteiger charge is 2.26. The maximum Gasteiger partial charge on any atom is 0.224 e. The Balaban J connectivity index is 0.00000192. The molecular weight excluding hydrogens is 383 g/mol. The number of nitrogens with zero attached hydrogens (tertiary/aromatic N) is 3. The Morgan fingerprint density at radius 3 is 2.56 bits per heavy atom. The molecule has 8 heteroatoms. The molecule has 2 aliphatic heterocycles. The lowest BCUT2D eigenvalue weighted by Crippen LogP contribution is -2.50. The predicted octanol–water partition coefficient (Wildman–Crippen LogP) is 2.69. The zero-order valence-electron chi connectivity index (χ0n) is 14.6. The van der Waals surface area contributed by atoms with Gasteiger partial charge in [0.25, 0.3) is 0 Å². The van der Waals surface area contributed by atoms with Gasteiger partial charge in [0, 0.05) is 57.1 Å². The van der Waals surface area contributed by atoms with E-state index in [4.69, 9.17) is 0 Å². The van der Waals surface area contributed by atoms with E-state index in [9.17, 15) is 4.79 Å². The van der Waals surface area contributed by atoms with Crippen LogP contribution < -0.4 is 5.32 Å². The van der Waals surface area contributed by atoms with Crippen molar-refractivity contribution in [1.82, 2.24) is 20.1 Å². The fourth-order valence-electron chi connectivity index (χ4n) is 3.46. The van der Waals surface area contributed by atoms with Crippen LogP contribution in [0.15, 0.2) is 24.5 Å². The summed E-state index contributed by atoms with van der Waals surface area (Å²) in [5, 5.41) is 3.41. The van der Waals surface area contributed by atoms with Crippen molar-refractivity contribution in [2.24, 2.45) is 0 Å². The van der Waals surface area contributed by atoms with E-state index in [2.05, 4.69) is 28.2 Å². The number of carbonyl (C=O) groups excluding carboxylic acids is 1. The van der Waals surface area contributed by atoms with Crippen molar-refractivity contribution in [2.75, 3.05) is 32.7 Å². The smallest absolute Gasteiger partial charge is 0.224 e. The lowest BCUT2D eigenvalue weighted by Gasteiger charge is -2.38. The second kappa shape index (κ2) is 11.9. The van der Waals surface area contributed by atoms with Gasteiger partial charge in [-0.15, -0.1) is 37.2 Å². The molecule has 0 aromatic carbocycles. The number of piperazine rings is 1. The summed E-state index contributed by atoms with van der Waals surface area (Å²) in [5.74, 6) is 0.313. The topological polar surface area (TPSA) is 48.5 Å². The van der Waals surface area contributed by atoms with E-state index in [1.54, 1.807) is 0 Å². The molecule has 2 unspecified atom stereocenters. The average molecular weight is 412 g/mol. The molecule has 3 rings (SSSR count). The van der Waals surface area contributed by atoms with E-state index < -0.39 is 0 Å². The number of halogens is 3. The van der Waals surface area contributed by atoms with Crippen LogP contribution in [0.5, 0.6) is 0 Å².